The summed E-state index contributed by atoms with van der Waals surface area (Å²) in [6.07, 6.45) is 1.40. The van der Waals surface area contributed by atoms with Crippen LogP contribution in [0.3, 0.4) is 0 Å². The van der Waals surface area contributed by atoms with Crippen molar-refractivity contribution in [1.82, 2.24) is 0 Å². The van der Waals surface area contributed by atoms with Crippen LogP contribution in [0.1, 0.15) is 27.2 Å². The van der Waals surface area contributed by atoms with Crippen molar-refractivity contribution in [3.8, 4) is 0 Å². The van der Waals surface area contributed by atoms with Gasteiger partial charge in [-0.1, -0.05) is 6.92 Å². The standard InChI is InChI=1S/C7H15N.ClH/c1-6-4-5-8-7(6,2)3;/h6,8H,4-5H2,1-3H3;1H/t6-;/m0./s1. The van der Waals surface area contributed by atoms with E-state index in [-0.39, 0.29) is 12.4 Å². The Morgan fingerprint density at radius 2 is 2.00 bits per heavy atom. The number of rotatable bonds is 0. The zero-order valence-electron chi connectivity index (χ0n) is 6.45. The van der Waals surface area contributed by atoms with Gasteiger partial charge in [0.15, 0.2) is 0 Å². The molecule has 0 bridgehead atoms. The monoisotopic (exact) mass is 149 g/mol. The molecule has 0 saturated carbocycles. The van der Waals surface area contributed by atoms with Crippen LogP contribution in [0.25, 0.3) is 0 Å². The predicted molar refractivity (Wildman–Crippen MR) is 34.7 cm³/mol. The van der Waals surface area contributed by atoms with Gasteiger partial charge in [0.2, 0.25) is 0 Å². The van der Waals surface area contributed by atoms with Gasteiger partial charge in [-0.25, -0.2) is 0 Å². The largest absolute Gasteiger partial charge is 1.00 e. The molecule has 1 saturated heterocycles. The fourth-order valence-corrected chi connectivity index (χ4v) is 1.28. The highest BCUT2D eigenvalue weighted by atomic mass is 35.5. The fourth-order valence-electron chi connectivity index (χ4n) is 1.28. The number of halogens is 1. The Hall–Kier alpha value is 0.250. The summed E-state index contributed by atoms with van der Waals surface area (Å²) in [6, 6.07) is 0. The van der Waals surface area contributed by atoms with Gasteiger partial charge in [0.05, 0.1) is 12.1 Å². The van der Waals surface area contributed by atoms with Gasteiger partial charge in [0, 0.05) is 12.3 Å². The van der Waals surface area contributed by atoms with Crippen LogP contribution in [0.4, 0.5) is 0 Å². The van der Waals surface area contributed by atoms with Crippen molar-refractivity contribution < 1.29 is 17.7 Å². The van der Waals surface area contributed by atoms with Gasteiger partial charge in [-0.15, -0.1) is 0 Å². The molecule has 0 radical (unpaired) electrons. The molecule has 1 aliphatic heterocycles. The summed E-state index contributed by atoms with van der Waals surface area (Å²) in [4.78, 5) is 0. The molecular formula is C7H16ClN. The molecule has 9 heavy (non-hydrogen) atoms. The first-order chi connectivity index (χ1) is 3.63. The second kappa shape index (κ2) is 2.89. The van der Waals surface area contributed by atoms with E-state index in [9.17, 15) is 0 Å². The molecule has 0 spiro atoms. The Morgan fingerprint density at radius 1 is 1.44 bits per heavy atom. The third-order valence-corrected chi connectivity index (χ3v) is 2.54. The highest BCUT2D eigenvalue weighted by Gasteiger charge is 2.34. The summed E-state index contributed by atoms with van der Waals surface area (Å²) < 4.78 is 0. The van der Waals surface area contributed by atoms with Gasteiger partial charge in [-0.3, -0.25) is 0 Å². The molecule has 1 nitrogen and oxygen atoms in total. The van der Waals surface area contributed by atoms with Crippen LogP contribution >= 0.6 is 0 Å². The van der Waals surface area contributed by atoms with Crippen molar-refractivity contribution >= 4 is 0 Å². The average molecular weight is 150 g/mol. The molecule has 0 amide bonds. The lowest BCUT2D eigenvalue weighted by Gasteiger charge is -2.18. The molecule has 2 heteroatoms. The van der Waals surface area contributed by atoms with Gasteiger partial charge in [-0.2, -0.15) is 0 Å². The molecule has 56 valence electrons. The van der Waals surface area contributed by atoms with Crippen LogP contribution in [-0.2, 0) is 0 Å². The Balaban J connectivity index is 0.000000640. The van der Waals surface area contributed by atoms with Crippen LogP contribution < -0.4 is 17.7 Å². The van der Waals surface area contributed by atoms with Crippen LogP contribution in [-0.4, -0.2) is 12.1 Å². The number of nitrogens with two attached hydrogens (primary N) is 1. The van der Waals surface area contributed by atoms with Gasteiger partial charge in [-0.05, 0) is 13.8 Å². The third-order valence-electron chi connectivity index (χ3n) is 2.54. The molecule has 0 aromatic heterocycles. The van der Waals surface area contributed by atoms with Crippen molar-refractivity contribution in [2.24, 2.45) is 5.92 Å². The van der Waals surface area contributed by atoms with Crippen LogP contribution in [0, 0.1) is 5.92 Å². The van der Waals surface area contributed by atoms with Crippen molar-refractivity contribution in [2.45, 2.75) is 32.7 Å². The Morgan fingerprint density at radius 3 is 2.11 bits per heavy atom. The highest BCUT2D eigenvalue weighted by Crippen LogP contribution is 2.18. The number of hydrogen-bond acceptors (Lipinski definition) is 0. The van der Waals surface area contributed by atoms with E-state index in [0.717, 1.165) is 5.92 Å². The predicted octanol–water partition coefficient (Wildman–Crippen LogP) is -2.63. The Bertz CT molecular complexity index is 90.9. The van der Waals surface area contributed by atoms with E-state index >= 15 is 0 Å². The molecule has 0 aliphatic carbocycles. The van der Waals surface area contributed by atoms with Crippen molar-refractivity contribution in [3.63, 3.8) is 0 Å². The Kier molecular flexibility index (Phi) is 2.97. The molecular weight excluding hydrogens is 134 g/mol. The smallest absolute Gasteiger partial charge is 0.0932 e. The molecule has 0 unspecified atom stereocenters. The molecule has 1 heterocycles. The van der Waals surface area contributed by atoms with E-state index in [4.69, 9.17) is 0 Å². The molecule has 1 rings (SSSR count). The summed E-state index contributed by atoms with van der Waals surface area (Å²) in [6.45, 7) is 8.31. The Labute approximate surface area is 63.6 Å². The second-order valence-electron chi connectivity index (χ2n) is 3.50. The fraction of sp³-hybridized carbons (Fsp3) is 1.00. The van der Waals surface area contributed by atoms with Gasteiger partial charge < -0.3 is 17.7 Å². The summed E-state index contributed by atoms with van der Waals surface area (Å²) in [7, 11) is 0. The SMILES string of the molecule is C[C@H]1CC[NH2+]C1(C)C.[Cl-]. The quantitative estimate of drug-likeness (QED) is 0.388. The van der Waals surface area contributed by atoms with Gasteiger partial charge in [0.1, 0.15) is 0 Å². The number of hydrogen-bond donors (Lipinski definition) is 1. The zero-order valence-corrected chi connectivity index (χ0v) is 7.20. The molecule has 1 fully saturated rings. The van der Waals surface area contributed by atoms with E-state index in [1.165, 1.54) is 13.0 Å². The van der Waals surface area contributed by atoms with Gasteiger partial charge >= 0.3 is 0 Å². The van der Waals surface area contributed by atoms with Crippen LogP contribution in [0.15, 0.2) is 0 Å². The lowest BCUT2D eigenvalue weighted by molar-refractivity contribution is -0.704. The maximum Gasteiger partial charge on any atom is 0.0932 e. The molecule has 1 atom stereocenters. The lowest BCUT2D eigenvalue weighted by Crippen LogP contribution is -3.00. The third kappa shape index (κ3) is 1.84. The van der Waals surface area contributed by atoms with E-state index in [1.54, 1.807) is 0 Å². The zero-order chi connectivity index (χ0) is 6.20. The molecule has 0 aromatic rings. The normalized spacial score (nSPS) is 31.7. The van der Waals surface area contributed by atoms with Crippen LogP contribution in [0.2, 0.25) is 0 Å². The van der Waals surface area contributed by atoms with Crippen molar-refractivity contribution in [2.75, 3.05) is 6.54 Å². The van der Waals surface area contributed by atoms with E-state index < -0.39 is 0 Å². The molecule has 0 aromatic carbocycles. The maximum atomic E-state index is 2.44. The van der Waals surface area contributed by atoms with E-state index in [2.05, 4.69) is 26.1 Å². The first kappa shape index (κ1) is 9.25. The summed E-state index contributed by atoms with van der Waals surface area (Å²) in [5.74, 6) is 0.905. The molecule has 1 aliphatic rings. The van der Waals surface area contributed by atoms with E-state index in [0.29, 0.717) is 5.54 Å². The first-order valence-corrected chi connectivity index (χ1v) is 3.47. The summed E-state index contributed by atoms with van der Waals surface area (Å²) in [5, 5.41) is 2.44. The lowest BCUT2D eigenvalue weighted by atomic mass is 9.91. The summed E-state index contributed by atoms with van der Waals surface area (Å²) >= 11 is 0. The molecule has 2 N–H and O–H groups in total. The average Bonchev–Trinajstić information content (AvgIpc) is 1.86. The van der Waals surface area contributed by atoms with Gasteiger partial charge in [0.25, 0.3) is 0 Å². The minimum absolute atomic E-state index is 0. The minimum Gasteiger partial charge on any atom is -1.00 e. The number of quaternary nitrogens is 1. The van der Waals surface area contributed by atoms with E-state index in [1.807, 2.05) is 0 Å². The topological polar surface area (TPSA) is 16.6 Å². The van der Waals surface area contributed by atoms with Crippen molar-refractivity contribution in [1.29, 1.82) is 0 Å². The highest BCUT2D eigenvalue weighted by molar-refractivity contribution is 4.76. The second-order valence-corrected chi connectivity index (χ2v) is 3.50. The van der Waals surface area contributed by atoms with Crippen molar-refractivity contribution in [3.05, 3.63) is 0 Å². The van der Waals surface area contributed by atoms with Crippen LogP contribution in [0.5, 0.6) is 0 Å². The summed E-state index contributed by atoms with van der Waals surface area (Å²) in [5.41, 5.74) is 0.528. The first-order valence-electron chi connectivity index (χ1n) is 3.47. The minimum atomic E-state index is 0. The maximum absolute atomic E-state index is 2.44.